The molecule has 1 aliphatic heterocycles. The van der Waals surface area contributed by atoms with Crippen molar-refractivity contribution in [3.8, 4) is 5.75 Å². The number of piperidine rings is 1. The molecule has 40 heavy (non-hydrogen) atoms. The lowest BCUT2D eigenvalue weighted by Gasteiger charge is -2.39. The van der Waals surface area contributed by atoms with Gasteiger partial charge in [-0.2, -0.15) is 13.2 Å². The number of ether oxygens (including phenoxy) is 2. The smallest absolute Gasteiger partial charge is 0.419 e. The summed E-state index contributed by atoms with van der Waals surface area (Å²) in [6.07, 6.45) is -5.73. The Kier molecular flexibility index (Phi) is 9.49. The number of likely N-dealkylation sites (tertiary alicyclic amines) is 1. The number of nitrogens with zero attached hydrogens (tertiary/aromatic N) is 1. The fraction of sp³-hybridized carbons (Fsp3) is 0.423. The molecule has 0 spiro atoms. The fourth-order valence-electron chi connectivity index (χ4n) is 3.93. The van der Waals surface area contributed by atoms with Crippen molar-refractivity contribution in [1.29, 1.82) is 0 Å². The topological polar surface area (TPSA) is 97.0 Å². The number of nitrogens with one attached hydrogen (secondary N) is 2. The number of rotatable bonds is 6. The lowest BCUT2D eigenvalue weighted by Crippen LogP contribution is -2.58. The predicted octanol–water partition coefficient (Wildman–Crippen LogP) is 5.54. The third kappa shape index (κ3) is 8.20. The van der Waals surface area contributed by atoms with Crippen molar-refractivity contribution >= 4 is 35.2 Å². The van der Waals surface area contributed by atoms with Crippen molar-refractivity contribution in [2.45, 2.75) is 57.5 Å². The number of hydrogen-bond donors (Lipinski definition) is 2. The van der Waals surface area contributed by atoms with E-state index in [1.165, 1.54) is 12.1 Å². The van der Waals surface area contributed by atoms with Gasteiger partial charge < -0.3 is 20.1 Å². The zero-order valence-corrected chi connectivity index (χ0v) is 22.5. The van der Waals surface area contributed by atoms with Crippen molar-refractivity contribution in [3.63, 3.8) is 0 Å². The monoisotopic (exact) mass is 591 g/mol. The quantitative estimate of drug-likeness (QED) is 0.430. The molecule has 1 heterocycles. The summed E-state index contributed by atoms with van der Waals surface area (Å²) in [5.74, 6) is -3.85. The van der Waals surface area contributed by atoms with Gasteiger partial charge in [-0.25, -0.2) is 13.6 Å². The first-order valence-corrected chi connectivity index (χ1v) is 12.5. The number of hydrogen-bond acceptors (Lipinski definition) is 5. The first kappa shape index (κ1) is 30.9. The average Bonchev–Trinajstić information content (AvgIpc) is 2.84. The van der Waals surface area contributed by atoms with Gasteiger partial charge in [-0.15, -0.1) is 0 Å². The summed E-state index contributed by atoms with van der Waals surface area (Å²) in [5.41, 5.74) is -3.21. The molecular formula is C26H27ClF5N3O5. The van der Waals surface area contributed by atoms with Crippen LogP contribution < -0.4 is 15.4 Å². The van der Waals surface area contributed by atoms with Gasteiger partial charge in [0.25, 0.3) is 5.91 Å². The zero-order chi connectivity index (χ0) is 29.8. The standard InChI is InChI=1S/C26H27ClF5N3O5/c1-25(2,3)40-24(38)35-12-14(33-21(36)13-39-15-8-9-17(27)18(28)11-15)7-10-20(35)23(37)34-19-6-4-5-16(22(19)29)26(30,31)32/h4-6,8-9,11,14,20H,7,10,12-13H2,1-3H3,(H,33,36)(H,34,37). The van der Waals surface area contributed by atoms with Crippen LogP contribution in [0.1, 0.15) is 39.2 Å². The molecule has 0 radical (unpaired) electrons. The maximum absolute atomic E-state index is 14.5. The summed E-state index contributed by atoms with van der Waals surface area (Å²) in [6.45, 7) is 4.11. The van der Waals surface area contributed by atoms with Gasteiger partial charge in [0.2, 0.25) is 5.91 Å². The van der Waals surface area contributed by atoms with Crippen LogP contribution in [-0.2, 0) is 20.5 Å². The average molecular weight is 592 g/mol. The van der Waals surface area contributed by atoms with E-state index in [0.717, 1.165) is 23.1 Å². The molecule has 1 aliphatic rings. The molecule has 1 saturated heterocycles. The minimum Gasteiger partial charge on any atom is -0.484 e. The molecule has 218 valence electrons. The minimum absolute atomic E-state index is 0.0279. The predicted molar refractivity (Wildman–Crippen MR) is 135 cm³/mol. The van der Waals surface area contributed by atoms with Gasteiger partial charge in [0.15, 0.2) is 12.4 Å². The maximum Gasteiger partial charge on any atom is 0.419 e. The number of benzene rings is 2. The molecule has 8 nitrogen and oxygen atoms in total. The molecule has 2 aromatic rings. The van der Waals surface area contributed by atoms with Crippen LogP contribution in [0.4, 0.5) is 32.4 Å². The molecule has 2 N–H and O–H groups in total. The molecule has 14 heteroatoms. The van der Waals surface area contributed by atoms with Gasteiger partial charge in [0, 0.05) is 18.7 Å². The molecule has 2 aromatic carbocycles. The van der Waals surface area contributed by atoms with Crippen LogP contribution in [0.15, 0.2) is 36.4 Å². The van der Waals surface area contributed by atoms with Gasteiger partial charge in [-0.1, -0.05) is 17.7 Å². The van der Waals surface area contributed by atoms with E-state index in [9.17, 15) is 36.3 Å². The van der Waals surface area contributed by atoms with Crippen LogP contribution in [0, 0.1) is 11.6 Å². The van der Waals surface area contributed by atoms with Crippen LogP contribution in [0.2, 0.25) is 5.02 Å². The van der Waals surface area contributed by atoms with E-state index in [2.05, 4.69) is 10.6 Å². The molecule has 0 saturated carbocycles. The van der Waals surface area contributed by atoms with Crippen LogP contribution in [0.3, 0.4) is 0 Å². The molecule has 2 atom stereocenters. The molecule has 2 unspecified atom stereocenters. The van der Waals surface area contributed by atoms with Crippen LogP contribution in [0.5, 0.6) is 5.75 Å². The lowest BCUT2D eigenvalue weighted by atomic mass is 9.97. The van der Waals surface area contributed by atoms with Gasteiger partial charge in [-0.3, -0.25) is 14.5 Å². The van der Waals surface area contributed by atoms with Crippen molar-refractivity contribution in [2.75, 3.05) is 18.5 Å². The SMILES string of the molecule is CC(C)(C)OC(=O)N1CC(NC(=O)COc2ccc(Cl)c(F)c2)CCC1C(=O)Nc1cccc(C(F)(F)F)c1F. The first-order chi connectivity index (χ1) is 18.5. The van der Waals surface area contributed by atoms with Crippen LogP contribution >= 0.6 is 11.6 Å². The maximum atomic E-state index is 14.5. The van der Waals surface area contributed by atoms with E-state index >= 15 is 0 Å². The van der Waals surface area contributed by atoms with Crippen LogP contribution in [0.25, 0.3) is 0 Å². The molecule has 0 bridgehead atoms. The highest BCUT2D eigenvalue weighted by molar-refractivity contribution is 6.30. The largest absolute Gasteiger partial charge is 0.484 e. The van der Waals surface area contributed by atoms with Crippen molar-refractivity contribution < 1.29 is 45.8 Å². The Morgan fingerprint density at radius 3 is 2.40 bits per heavy atom. The third-order valence-corrected chi connectivity index (χ3v) is 6.01. The number of halogens is 6. The molecule has 0 aromatic heterocycles. The molecular weight excluding hydrogens is 565 g/mol. The fourth-order valence-corrected chi connectivity index (χ4v) is 4.05. The summed E-state index contributed by atoms with van der Waals surface area (Å²) in [5, 5.41) is 4.67. The second-order valence-corrected chi connectivity index (χ2v) is 10.4. The number of carbonyl (C=O) groups excluding carboxylic acids is 3. The Hall–Kier alpha value is -3.61. The van der Waals surface area contributed by atoms with Crippen molar-refractivity contribution in [1.82, 2.24) is 10.2 Å². The number of anilines is 1. The Labute approximate surface area is 231 Å². The number of carbonyl (C=O) groups is 3. The molecule has 0 aliphatic carbocycles. The first-order valence-electron chi connectivity index (χ1n) is 12.1. The Morgan fingerprint density at radius 1 is 1.07 bits per heavy atom. The highest BCUT2D eigenvalue weighted by atomic mass is 35.5. The highest BCUT2D eigenvalue weighted by Gasteiger charge is 2.40. The van der Waals surface area contributed by atoms with Gasteiger partial charge in [0.1, 0.15) is 23.2 Å². The van der Waals surface area contributed by atoms with Gasteiger partial charge in [-0.05, 0) is 57.9 Å². The summed E-state index contributed by atoms with van der Waals surface area (Å²) in [7, 11) is 0. The van der Waals surface area contributed by atoms with E-state index in [0.29, 0.717) is 6.07 Å². The number of amides is 3. The van der Waals surface area contributed by atoms with Gasteiger partial charge in [0.05, 0.1) is 16.3 Å². The molecule has 3 amide bonds. The van der Waals surface area contributed by atoms with Gasteiger partial charge >= 0.3 is 12.3 Å². The second-order valence-electron chi connectivity index (χ2n) is 10.0. The van der Waals surface area contributed by atoms with E-state index in [1.807, 2.05) is 0 Å². The van der Waals surface area contributed by atoms with E-state index in [4.69, 9.17) is 21.1 Å². The highest BCUT2D eigenvalue weighted by Crippen LogP contribution is 2.34. The van der Waals surface area contributed by atoms with Crippen LogP contribution in [-0.4, -0.2) is 53.6 Å². The number of alkyl halides is 3. The summed E-state index contributed by atoms with van der Waals surface area (Å²) in [4.78, 5) is 39.5. The lowest BCUT2D eigenvalue weighted by molar-refractivity contribution is -0.140. The van der Waals surface area contributed by atoms with E-state index in [1.54, 1.807) is 20.8 Å². The Balaban J connectivity index is 1.71. The second kappa shape index (κ2) is 12.3. The van der Waals surface area contributed by atoms with Crippen molar-refractivity contribution in [2.24, 2.45) is 0 Å². The zero-order valence-electron chi connectivity index (χ0n) is 21.7. The van der Waals surface area contributed by atoms with E-state index in [-0.39, 0.29) is 30.2 Å². The Bertz CT molecular complexity index is 1270. The Morgan fingerprint density at radius 2 is 1.77 bits per heavy atom. The summed E-state index contributed by atoms with van der Waals surface area (Å²) < 4.78 is 78.0. The minimum atomic E-state index is -4.98. The molecule has 1 fully saturated rings. The van der Waals surface area contributed by atoms with E-state index < -0.39 is 71.3 Å². The normalized spacial score (nSPS) is 17.7. The summed E-state index contributed by atoms with van der Waals surface area (Å²) >= 11 is 5.62. The summed E-state index contributed by atoms with van der Waals surface area (Å²) in [6, 6.07) is 4.22. The molecule has 3 rings (SSSR count). The van der Waals surface area contributed by atoms with Crippen molar-refractivity contribution in [3.05, 3.63) is 58.6 Å². The third-order valence-electron chi connectivity index (χ3n) is 5.70.